The number of aliphatic carboxylic acids is 1. The van der Waals surface area contributed by atoms with E-state index in [2.05, 4.69) is 4.98 Å². The van der Waals surface area contributed by atoms with Crippen molar-refractivity contribution in [3.63, 3.8) is 0 Å². The summed E-state index contributed by atoms with van der Waals surface area (Å²) in [6, 6.07) is 11.8. The fourth-order valence-corrected chi connectivity index (χ4v) is 2.24. The smallest absolute Gasteiger partial charge is 0.314 e. The van der Waals surface area contributed by atoms with Crippen molar-refractivity contribution in [3.8, 4) is 11.1 Å². The highest BCUT2D eigenvalue weighted by atomic mass is 16.4. The van der Waals surface area contributed by atoms with Crippen LogP contribution in [0, 0.1) is 0 Å². The Bertz CT molecular complexity index is 588. The molecule has 0 spiro atoms. The average Bonchev–Trinajstić information content (AvgIpc) is 3.21. The minimum absolute atomic E-state index is 0.683. The van der Waals surface area contributed by atoms with Crippen LogP contribution in [0.1, 0.15) is 18.4 Å². The molecule has 1 aliphatic rings. The van der Waals surface area contributed by atoms with E-state index in [0.29, 0.717) is 12.8 Å². The second-order valence-electron chi connectivity index (χ2n) is 4.72. The third-order valence-electron chi connectivity index (χ3n) is 3.56. The second-order valence-corrected chi connectivity index (χ2v) is 4.72. The summed E-state index contributed by atoms with van der Waals surface area (Å²) in [6.07, 6.45) is 4.87. The fourth-order valence-electron chi connectivity index (χ4n) is 2.24. The maximum Gasteiger partial charge on any atom is 0.314 e. The van der Waals surface area contributed by atoms with Gasteiger partial charge in [-0.1, -0.05) is 30.3 Å². The first-order valence-corrected chi connectivity index (χ1v) is 5.97. The number of rotatable bonds is 3. The highest BCUT2D eigenvalue weighted by Gasteiger charge is 2.52. The predicted molar refractivity (Wildman–Crippen MR) is 68.2 cm³/mol. The number of nitrogens with zero attached hydrogens (tertiary/aromatic N) is 1. The number of carbonyl (C=O) groups is 1. The number of hydrogen-bond donors (Lipinski definition) is 1. The monoisotopic (exact) mass is 239 g/mol. The molecule has 3 rings (SSSR count). The molecule has 0 bridgehead atoms. The number of hydrogen-bond acceptors (Lipinski definition) is 2. The molecule has 2 aromatic rings. The van der Waals surface area contributed by atoms with Crippen LogP contribution in [0.4, 0.5) is 0 Å². The molecule has 1 fully saturated rings. The molecule has 3 heteroatoms. The molecule has 1 heterocycles. The van der Waals surface area contributed by atoms with E-state index in [1.165, 1.54) is 0 Å². The van der Waals surface area contributed by atoms with Gasteiger partial charge in [0.05, 0.1) is 5.41 Å². The Labute approximate surface area is 105 Å². The van der Waals surface area contributed by atoms with Crippen molar-refractivity contribution in [2.24, 2.45) is 0 Å². The number of aromatic nitrogens is 1. The van der Waals surface area contributed by atoms with Crippen LogP contribution in [-0.2, 0) is 10.2 Å². The first-order valence-electron chi connectivity index (χ1n) is 5.97. The maximum absolute atomic E-state index is 11.3. The molecule has 0 atom stereocenters. The van der Waals surface area contributed by atoms with Crippen molar-refractivity contribution in [1.82, 2.24) is 4.98 Å². The van der Waals surface area contributed by atoms with Crippen molar-refractivity contribution in [2.45, 2.75) is 18.3 Å². The largest absolute Gasteiger partial charge is 0.481 e. The molecule has 1 aromatic heterocycles. The summed E-state index contributed by atoms with van der Waals surface area (Å²) in [5.74, 6) is -0.741. The Morgan fingerprint density at radius 3 is 2.44 bits per heavy atom. The topological polar surface area (TPSA) is 50.2 Å². The summed E-state index contributed by atoms with van der Waals surface area (Å²) < 4.78 is 0. The lowest BCUT2D eigenvalue weighted by Gasteiger charge is -2.11. The minimum Gasteiger partial charge on any atom is -0.481 e. The highest BCUT2D eigenvalue weighted by molar-refractivity contribution is 5.85. The molecule has 0 amide bonds. The van der Waals surface area contributed by atoms with Gasteiger partial charge in [0.2, 0.25) is 0 Å². The van der Waals surface area contributed by atoms with Crippen LogP contribution in [0.25, 0.3) is 11.1 Å². The molecule has 3 nitrogen and oxygen atoms in total. The standard InChI is InChI=1S/C15H13NO2/c17-14(18)15(6-7-15)13-8-12(9-16-10-13)11-4-2-1-3-5-11/h1-5,8-10H,6-7H2,(H,17,18). The van der Waals surface area contributed by atoms with Gasteiger partial charge in [-0.15, -0.1) is 0 Å². The second kappa shape index (κ2) is 3.95. The van der Waals surface area contributed by atoms with Crippen molar-refractivity contribution in [1.29, 1.82) is 0 Å². The Morgan fingerprint density at radius 1 is 1.11 bits per heavy atom. The van der Waals surface area contributed by atoms with Gasteiger partial charge in [-0.3, -0.25) is 9.78 Å². The molecular weight excluding hydrogens is 226 g/mol. The van der Waals surface area contributed by atoms with E-state index in [9.17, 15) is 9.90 Å². The van der Waals surface area contributed by atoms with Gasteiger partial charge in [0.25, 0.3) is 0 Å². The first kappa shape index (κ1) is 11.0. The molecule has 1 saturated carbocycles. The maximum atomic E-state index is 11.3. The zero-order chi connectivity index (χ0) is 12.6. The lowest BCUT2D eigenvalue weighted by molar-refractivity contribution is -0.140. The molecule has 0 saturated heterocycles. The van der Waals surface area contributed by atoms with E-state index in [1.807, 2.05) is 36.4 Å². The lowest BCUT2D eigenvalue weighted by Crippen LogP contribution is -2.19. The van der Waals surface area contributed by atoms with Gasteiger partial charge in [0.1, 0.15) is 0 Å². The minimum atomic E-state index is -0.741. The average molecular weight is 239 g/mol. The van der Waals surface area contributed by atoms with E-state index in [1.54, 1.807) is 12.4 Å². The van der Waals surface area contributed by atoms with E-state index in [0.717, 1.165) is 16.7 Å². The van der Waals surface area contributed by atoms with Gasteiger partial charge in [-0.25, -0.2) is 0 Å². The summed E-state index contributed by atoms with van der Waals surface area (Å²) in [4.78, 5) is 15.5. The Morgan fingerprint density at radius 2 is 1.83 bits per heavy atom. The highest BCUT2D eigenvalue weighted by Crippen LogP contribution is 2.48. The van der Waals surface area contributed by atoms with Crippen molar-refractivity contribution >= 4 is 5.97 Å². The number of benzene rings is 1. The molecule has 90 valence electrons. The van der Waals surface area contributed by atoms with Gasteiger partial charge >= 0.3 is 5.97 Å². The Balaban J connectivity index is 2.03. The Hall–Kier alpha value is -2.16. The van der Waals surface area contributed by atoms with Crippen molar-refractivity contribution < 1.29 is 9.90 Å². The predicted octanol–water partition coefficient (Wildman–Crippen LogP) is 2.86. The molecule has 0 aliphatic heterocycles. The van der Waals surface area contributed by atoms with Crippen LogP contribution in [0.2, 0.25) is 0 Å². The molecule has 1 aromatic carbocycles. The van der Waals surface area contributed by atoms with Crippen LogP contribution in [-0.4, -0.2) is 16.1 Å². The SMILES string of the molecule is O=C(O)C1(c2cncc(-c3ccccc3)c2)CC1. The summed E-state index contributed by atoms with van der Waals surface area (Å²) in [7, 11) is 0. The Kier molecular flexibility index (Phi) is 2.40. The lowest BCUT2D eigenvalue weighted by atomic mass is 9.95. The molecule has 1 aliphatic carbocycles. The third kappa shape index (κ3) is 1.68. The van der Waals surface area contributed by atoms with Crippen LogP contribution in [0.5, 0.6) is 0 Å². The number of carboxylic acid groups (broad SMARTS) is 1. The number of carboxylic acids is 1. The number of pyridine rings is 1. The molecular formula is C15H13NO2. The molecule has 0 unspecified atom stereocenters. The third-order valence-corrected chi connectivity index (χ3v) is 3.56. The normalized spacial score (nSPS) is 16.2. The van der Waals surface area contributed by atoms with Crippen molar-refractivity contribution in [3.05, 3.63) is 54.4 Å². The van der Waals surface area contributed by atoms with E-state index in [4.69, 9.17) is 0 Å². The fraction of sp³-hybridized carbons (Fsp3) is 0.200. The zero-order valence-corrected chi connectivity index (χ0v) is 9.84. The summed E-state index contributed by atoms with van der Waals surface area (Å²) in [5.41, 5.74) is 2.17. The molecule has 1 N–H and O–H groups in total. The van der Waals surface area contributed by atoms with Crippen molar-refractivity contribution in [2.75, 3.05) is 0 Å². The van der Waals surface area contributed by atoms with Gasteiger partial charge in [-0.05, 0) is 30.0 Å². The van der Waals surface area contributed by atoms with Gasteiger partial charge < -0.3 is 5.11 Å². The zero-order valence-electron chi connectivity index (χ0n) is 9.84. The molecule has 0 radical (unpaired) electrons. The molecule has 18 heavy (non-hydrogen) atoms. The van der Waals surface area contributed by atoms with Crippen LogP contribution in [0.3, 0.4) is 0 Å². The van der Waals surface area contributed by atoms with Gasteiger partial charge in [0, 0.05) is 18.0 Å². The van der Waals surface area contributed by atoms with Crippen LogP contribution in [0.15, 0.2) is 48.8 Å². The summed E-state index contributed by atoms with van der Waals surface area (Å²) >= 11 is 0. The van der Waals surface area contributed by atoms with E-state index >= 15 is 0 Å². The van der Waals surface area contributed by atoms with Crippen LogP contribution < -0.4 is 0 Å². The van der Waals surface area contributed by atoms with E-state index in [-0.39, 0.29) is 0 Å². The van der Waals surface area contributed by atoms with Gasteiger partial charge in [0.15, 0.2) is 0 Å². The summed E-state index contributed by atoms with van der Waals surface area (Å²) in [5, 5.41) is 9.29. The summed E-state index contributed by atoms with van der Waals surface area (Å²) in [6.45, 7) is 0. The van der Waals surface area contributed by atoms with Gasteiger partial charge in [-0.2, -0.15) is 0 Å². The quantitative estimate of drug-likeness (QED) is 0.896. The van der Waals surface area contributed by atoms with E-state index < -0.39 is 11.4 Å². The van der Waals surface area contributed by atoms with Crippen LogP contribution >= 0.6 is 0 Å². The first-order chi connectivity index (χ1) is 8.72.